The lowest BCUT2D eigenvalue weighted by atomic mass is 10.2. The number of methoxy groups -OCH3 is 1. The SMILES string of the molecule is COCC(C)=CCCNCC(C)C. The van der Waals surface area contributed by atoms with Crippen LogP contribution < -0.4 is 5.32 Å². The van der Waals surface area contributed by atoms with Crippen molar-refractivity contribution in [2.75, 3.05) is 26.8 Å². The first-order valence-corrected chi connectivity index (χ1v) is 5.02. The smallest absolute Gasteiger partial charge is 0.0670 e. The van der Waals surface area contributed by atoms with Gasteiger partial charge in [0.05, 0.1) is 6.61 Å². The van der Waals surface area contributed by atoms with Crippen LogP contribution in [0.4, 0.5) is 0 Å². The molecule has 0 radical (unpaired) electrons. The van der Waals surface area contributed by atoms with E-state index < -0.39 is 0 Å². The summed E-state index contributed by atoms with van der Waals surface area (Å²) in [6, 6.07) is 0. The zero-order chi connectivity index (χ0) is 10.1. The molecule has 13 heavy (non-hydrogen) atoms. The second-order valence-corrected chi connectivity index (χ2v) is 3.87. The molecule has 2 heteroatoms. The van der Waals surface area contributed by atoms with Crippen LogP contribution in [-0.2, 0) is 4.74 Å². The van der Waals surface area contributed by atoms with Crippen LogP contribution in [-0.4, -0.2) is 26.8 Å². The highest BCUT2D eigenvalue weighted by molar-refractivity contribution is 4.98. The van der Waals surface area contributed by atoms with E-state index in [2.05, 4.69) is 32.2 Å². The predicted molar refractivity (Wildman–Crippen MR) is 58.0 cm³/mol. The van der Waals surface area contributed by atoms with Gasteiger partial charge in [-0.2, -0.15) is 0 Å². The molecule has 0 aromatic carbocycles. The average Bonchev–Trinajstić information content (AvgIpc) is 2.03. The van der Waals surface area contributed by atoms with Gasteiger partial charge >= 0.3 is 0 Å². The summed E-state index contributed by atoms with van der Waals surface area (Å²) in [6.45, 7) is 9.48. The van der Waals surface area contributed by atoms with Crippen molar-refractivity contribution in [1.82, 2.24) is 5.32 Å². The first kappa shape index (κ1) is 12.7. The lowest BCUT2D eigenvalue weighted by molar-refractivity contribution is 0.225. The fourth-order valence-electron chi connectivity index (χ4n) is 1.10. The van der Waals surface area contributed by atoms with Crippen LogP contribution in [0.3, 0.4) is 0 Å². The minimum atomic E-state index is 0.740. The van der Waals surface area contributed by atoms with Crippen molar-refractivity contribution in [1.29, 1.82) is 0 Å². The first-order valence-electron chi connectivity index (χ1n) is 5.02. The molecule has 0 bridgehead atoms. The van der Waals surface area contributed by atoms with Crippen molar-refractivity contribution in [3.05, 3.63) is 11.6 Å². The van der Waals surface area contributed by atoms with Crippen molar-refractivity contribution in [2.24, 2.45) is 5.92 Å². The monoisotopic (exact) mass is 185 g/mol. The van der Waals surface area contributed by atoms with Crippen LogP contribution >= 0.6 is 0 Å². The molecule has 0 rings (SSSR count). The zero-order valence-corrected chi connectivity index (χ0v) is 9.39. The van der Waals surface area contributed by atoms with E-state index >= 15 is 0 Å². The average molecular weight is 185 g/mol. The lowest BCUT2D eigenvalue weighted by Crippen LogP contribution is -2.20. The molecule has 0 saturated carbocycles. The molecule has 0 aromatic rings. The topological polar surface area (TPSA) is 21.3 Å². The third-order valence-corrected chi connectivity index (χ3v) is 1.74. The Morgan fingerprint density at radius 3 is 2.69 bits per heavy atom. The minimum Gasteiger partial charge on any atom is -0.380 e. The molecule has 0 aliphatic heterocycles. The van der Waals surface area contributed by atoms with Gasteiger partial charge in [0.2, 0.25) is 0 Å². The van der Waals surface area contributed by atoms with Crippen molar-refractivity contribution in [2.45, 2.75) is 27.2 Å². The van der Waals surface area contributed by atoms with E-state index in [9.17, 15) is 0 Å². The second kappa shape index (κ2) is 8.27. The van der Waals surface area contributed by atoms with E-state index in [4.69, 9.17) is 4.74 Å². The van der Waals surface area contributed by atoms with Gasteiger partial charge in [-0.15, -0.1) is 0 Å². The fraction of sp³-hybridized carbons (Fsp3) is 0.818. The van der Waals surface area contributed by atoms with Gasteiger partial charge in [0, 0.05) is 7.11 Å². The second-order valence-electron chi connectivity index (χ2n) is 3.87. The largest absolute Gasteiger partial charge is 0.380 e. The summed E-state index contributed by atoms with van der Waals surface area (Å²) >= 11 is 0. The maximum absolute atomic E-state index is 5.01. The molecule has 0 unspecified atom stereocenters. The zero-order valence-electron chi connectivity index (χ0n) is 9.39. The van der Waals surface area contributed by atoms with Gasteiger partial charge in [0.25, 0.3) is 0 Å². The van der Waals surface area contributed by atoms with Gasteiger partial charge in [-0.25, -0.2) is 0 Å². The number of ether oxygens (including phenoxy) is 1. The number of hydrogen-bond donors (Lipinski definition) is 1. The van der Waals surface area contributed by atoms with Crippen molar-refractivity contribution < 1.29 is 4.74 Å². The molecule has 0 aliphatic rings. The molecule has 0 aliphatic carbocycles. The summed E-state index contributed by atoms with van der Waals surface area (Å²) in [7, 11) is 1.73. The first-order chi connectivity index (χ1) is 6.16. The van der Waals surface area contributed by atoms with Crippen LogP contribution in [0.15, 0.2) is 11.6 Å². The van der Waals surface area contributed by atoms with Crippen LogP contribution in [0.5, 0.6) is 0 Å². The Hall–Kier alpha value is -0.340. The Labute approximate surface area is 82.4 Å². The normalized spacial score (nSPS) is 12.5. The van der Waals surface area contributed by atoms with Crippen LogP contribution in [0.25, 0.3) is 0 Å². The van der Waals surface area contributed by atoms with Crippen LogP contribution in [0.1, 0.15) is 27.2 Å². The molecule has 0 saturated heterocycles. The molecular weight excluding hydrogens is 162 g/mol. The third kappa shape index (κ3) is 9.57. The van der Waals surface area contributed by atoms with Crippen molar-refractivity contribution in [3.8, 4) is 0 Å². The van der Waals surface area contributed by atoms with Crippen molar-refractivity contribution in [3.63, 3.8) is 0 Å². The van der Waals surface area contributed by atoms with Gasteiger partial charge in [-0.1, -0.05) is 25.5 Å². The van der Waals surface area contributed by atoms with Gasteiger partial charge in [0.15, 0.2) is 0 Å². The maximum Gasteiger partial charge on any atom is 0.0670 e. The summed E-state index contributed by atoms with van der Waals surface area (Å²) < 4.78 is 5.01. The Morgan fingerprint density at radius 1 is 1.46 bits per heavy atom. The summed E-state index contributed by atoms with van der Waals surface area (Å²) in [5.74, 6) is 0.740. The molecule has 0 aromatic heterocycles. The Morgan fingerprint density at radius 2 is 2.15 bits per heavy atom. The highest BCUT2D eigenvalue weighted by atomic mass is 16.5. The van der Waals surface area contributed by atoms with E-state index in [1.807, 2.05) is 0 Å². The van der Waals surface area contributed by atoms with Gasteiger partial charge in [-0.05, 0) is 32.4 Å². The summed E-state index contributed by atoms with van der Waals surface area (Å²) in [4.78, 5) is 0. The molecular formula is C11H23NO. The Balaban J connectivity index is 3.28. The fourth-order valence-corrected chi connectivity index (χ4v) is 1.10. The highest BCUT2D eigenvalue weighted by Crippen LogP contribution is 1.95. The van der Waals surface area contributed by atoms with Crippen LogP contribution in [0.2, 0.25) is 0 Å². The van der Waals surface area contributed by atoms with Crippen LogP contribution in [0, 0.1) is 5.92 Å². The van der Waals surface area contributed by atoms with Gasteiger partial charge < -0.3 is 10.1 Å². The van der Waals surface area contributed by atoms with E-state index in [0.717, 1.165) is 32.0 Å². The van der Waals surface area contributed by atoms with Gasteiger partial charge in [-0.3, -0.25) is 0 Å². The van der Waals surface area contributed by atoms with Gasteiger partial charge in [0.1, 0.15) is 0 Å². The molecule has 0 spiro atoms. The molecule has 0 heterocycles. The molecule has 78 valence electrons. The number of nitrogens with one attached hydrogen (secondary N) is 1. The summed E-state index contributed by atoms with van der Waals surface area (Å²) in [6.07, 6.45) is 3.33. The molecule has 0 fully saturated rings. The van der Waals surface area contributed by atoms with E-state index in [1.165, 1.54) is 5.57 Å². The lowest BCUT2D eigenvalue weighted by Gasteiger charge is -2.05. The molecule has 0 amide bonds. The predicted octanol–water partition coefficient (Wildman–Crippen LogP) is 2.21. The van der Waals surface area contributed by atoms with E-state index in [0.29, 0.717) is 0 Å². The maximum atomic E-state index is 5.01. The summed E-state index contributed by atoms with van der Waals surface area (Å²) in [5.41, 5.74) is 1.31. The van der Waals surface area contributed by atoms with E-state index in [-0.39, 0.29) is 0 Å². The minimum absolute atomic E-state index is 0.740. The highest BCUT2D eigenvalue weighted by Gasteiger charge is 1.91. The quantitative estimate of drug-likeness (QED) is 0.485. The number of rotatable bonds is 7. The Kier molecular flexibility index (Phi) is 8.05. The van der Waals surface area contributed by atoms with E-state index in [1.54, 1.807) is 7.11 Å². The third-order valence-electron chi connectivity index (χ3n) is 1.74. The number of hydrogen-bond acceptors (Lipinski definition) is 2. The standard InChI is InChI=1S/C11H23NO/c1-10(2)8-12-7-5-6-11(3)9-13-4/h6,10,12H,5,7-9H2,1-4H3. The molecule has 1 N–H and O–H groups in total. The molecule has 2 nitrogen and oxygen atoms in total. The Bertz CT molecular complexity index is 141. The summed E-state index contributed by atoms with van der Waals surface area (Å²) in [5, 5.41) is 3.40. The molecule has 0 atom stereocenters. The van der Waals surface area contributed by atoms with Crippen molar-refractivity contribution >= 4 is 0 Å².